The molecule has 3 rings (SSSR count). The molecule has 34 heavy (non-hydrogen) atoms. The lowest BCUT2D eigenvalue weighted by Crippen LogP contribution is -2.18. The van der Waals surface area contributed by atoms with Crippen LogP contribution in [0.15, 0.2) is 53.4 Å². The highest BCUT2D eigenvalue weighted by atomic mass is 35.5. The molecule has 0 atom stereocenters. The summed E-state index contributed by atoms with van der Waals surface area (Å²) in [6, 6.07) is 13.4. The topological polar surface area (TPSA) is 95.5 Å². The van der Waals surface area contributed by atoms with E-state index in [4.69, 9.17) is 58.0 Å². The van der Waals surface area contributed by atoms with Gasteiger partial charge in [0.1, 0.15) is 0 Å². The van der Waals surface area contributed by atoms with Crippen LogP contribution in [0.3, 0.4) is 0 Å². The van der Waals surface area contributed by atoms with E-state index in [9.17, 15) is 19.5 Å². The van der Waals surface area contributed by atoms with Gasteiger partial charge in [-0.3, -0.25) is 9.59 Å². The van der Waals surface area contributed by atoms with Gasteiger partial charge < -0.3 is 15.7 Å². The smallest absolute Gasteiger partial charge is 0.338 e. The van der Waals surface area contributed by atoms with E-state index in [1.165, 1.54) is 11.8 Å². The minimum Gasteiger partial charge on any atom is -0.478 e. The van der Waals surface area contributed by atoms with Crippen LogP contribution in [0.25, 0.3) is 0 Å². The summed E-state index contributed by atoms with van der Waals surface area (Å²) in [5.74, 6) is -2.38. The molecule has 12 heteroatoms. The summed E-state index contributed by atoms with van der Waals surface area (Å²) in [6.07, 6.45) is 0. The predicted molar refractivity (Wildman–Crippen MR) is 139 cm³/mol. The second-order valence-corrected chi connectivity index (χ2v) is 9.63. The summed E-state index contributed by atoms with van der Waals surface area (Å²) in [5, 5.41) is 14.1. The van der Waals surface area contributed by atoms with Gasteiger partial charge in [-0.05, 0) is 42.5 Å². The number of thioether (sulfide) groups is 1. The highest BCUT2D eigenvalue weighted by Gasteiger charge is 2.28. The Hall–Kier alpha value is -2.13. The van der Waals surface area contributed by atoms with Gasteiger partial charge in [0, 0.05) is 21.3 Å². The van der Waals surface area contributed by atoms with Crippen LogP contribution in [0.4, 0.5) is 11.4 Å². The van der Waals surface area contributed by atoms with Gasteiger partial charge in [-0.2, -0.15) is 0 Å². The van der Waals surface area contributed by atoms with Crippen LogP contribution >= 0.6 is 69.8 Å². The molecule has 0 aliphatic heterocycles. The third kappa shape index (κ3) is 6.30. The van der Waals surface area contributed by atoms with Gasteiger partial charge in [0.05, 0.1) is 37.0 Å². The summed E-state index contributed by atoms with van der Waals surface area (Å²) >= 11 is 31.2. The quantitative estimate of drug-likeness (QED) is 0.152. The number of carbonyl (C=O) groups is 3. The second-order valence-electron chi connectivity index (χ2n) is 6.64. The van der Waals surface area contributed by atoms with Crippen molar-refractivity contribution >= 4 is 98.9 Å². The number of hydrogen-bond acceptors (Lipinski definition) is 4. The van der Waals surface area contributed by atoms with Gasteiger partial charge in [-0.15, -0.1) is 11.8 Å². The molecule has 0 aliphatic rings. The van der Waals surface area contributed by atoms with Gasteiger partial charge in [0.15, 0.2) is 0 Å². The molecule has 0 fully saturated rings. The largest absolute Gasteiger partial charge is 0.478 e. The third-order valence-electron chi connectivity index (χ3n) is 4.30. The van der Waals surface area contributed by atoms with Crippen molar-refractivity contribution in [2.24, 2.45) is 0 Å². The lowest BCUT2D eigenvalue weighted by Gasteiger charge is -2.14. The first kappa shape index (κ1) is 26.5. The minimum atomic E-state index is -1.49. The average Bonchev–Trinajstić information content (AvgIpc) is 2.79. The molecule has 0 aliphatic carbocycles. The molecular weight excluding hydrogens is 566 g/mol. The van der Waals surface area contributed by atoms with E-state index in [0.29, 0.717) is 16.4 Å². The van der Waals surface area contributed by atoms with Crippen molar-refractivity contribution in [2.45, 2.75) is 4.90 Å². The Bertz CT molecular complexity index is 1290. The number of benzene rings is 3. The van der Waals surface area contributed by atoms with Crippen molar-refractivity contribution < 1.29 is 19.5 Å². The monoisotopic (exact) mass is 576 g/mol. The molecule has 0 saturated heterocycles. The zero-order valence-corrected chi connectivity index (χ0v) is 21.4. The van der Waals surface area contributed by atoms with Crippen molar-refractivity contribution in [1.82, 2.24) is 0 Å². The lowest BCUT2D eigenvalue weighted by molar-refractivity contribution is -0.113. The number of carboxylic acids is 1. The molecule has 3 aromatic rings. The number of anilines is 2. The highest BCUT2D eigenvalue weighted by molar-refractivity contribution is 8.00. The fourth-order valence-corrected chi connectivity index (χ4v) is 4.69. The molecule has 0 aromatic heterocycles. The zero-order valence-electron chi connectivity index (χ0n) is 16.8. The summed E-state index contributed by atoms with van der Waals surface area (Å²) in [7, 11) is 0. The zero-order chi connectivity index (χ0) is 25.0. The fourth-order valence-electron chi connectivity index (χ4n) is 2.79. The maximum absolute atomic E-state index is 12.8. The van der Waals surface area contributed by atoms with Gasteiger partial charge in [-0.1, -0.05) is 64.1 Å². The highest BCUT2D eigenvalue weighted by Crippen LogP contribution is 2.41. The maximum Gasteiger partial charge on any atom is 0.338 e. The Kier molecular flexibility index (Phi) is 8.98. The molecule has 2 amide bonds. The Morgan fingerprint density at radius 2 is 1.38 bits per heavy atom. The fraction of sp³-hybridized carbons (Fsp3) is 0.0455. The summed E-state index contributed by atoms with van der Waals surface area (Å²) < 4.78 is 0. The number of amides is 2. The second kappa shape index (κ2) is 11.5. The first-order valence-corrected chi connectivity index (χ1v) is 12.1. The molecule has 0 spiro atoms. The molecule has 3 N–H and O–H groups in total. The van der Waals surface area contributed by atoms with Crippen molar-refractivity contribution in [3.8, 4) is 0 Å². The van der Waals surface area contributed by atoms with Gasteiger partial charge in [0.25, 0.3) is 5.91 Å². The summed E-state index contributed by atoms with van der Waals surface area (Å²) in [6.45, 7) is 0. The predicted octanol–water partition coefficient (Wildman–Crippen LogP) is 7.63. The van der Waals surface area contributed by atoms with Gasteiger partial charge in [-0.25, -0.2) is 4.79 Å². The van der Waals surface area contributed by atoms with Crippen LogP contribution < -0.4 is 10.6 Å². The molecular formula is C22H13Cl5N2O4S. The Morgan fingerprint density at radius 1 is 0.765 bits per heavy atom. The van der Waals surface area contributed by atoms with Crippen LogP contribution in [0.1, 0.15) is 20.7 Å². The average molecular weight is 579 g/mol. The Morgan fingerprint density at radius 3 is 1.97 bits per heavy atom. The number of nitrogens with one attached hydrogen (secondary N) is 2. The summed E-state index contributed by atoms with van der Waals surface area (Å²) in [4.78, 5) is 37.3. The first-order valence-electron chi connectivity index (χ1n) is 9.27. The molecule has 176 valence electrons. The summed E-state index contributed by atoms with van der Waals surface area (Å²) in [5.41, 5.74) is -0.0218. The molecule has 0 unspecified atom stereocenters. The lowest BCUT2D eigenvalue weighted by atomic mass is 10.1. The normalized spacial score (nSPS) is 10.6. The van der Waals surface area contributed by atoms with Crippen LogP contribution in [0.5, 0.6) is 0 Å². The van der Waals surface area contributed by atoms with Crippen LogP contribution in [-0.4, -0.2) is 28.6 Å². The van der Waals surface area contributed by atoms with Crippen molar-refractivity contribution in [3.05, 3.63) is 84.8 Å². The number of carboxylic acid groups (broad SMARTS) is 1. The molecule has 0 heterocycles. The van der Waals surface area contributed by atoms with E-state index in [-0.39, 0.29) is 26.7 Å². The van der Waals surface area contributed by atoms with E-state index in [0.717, 1.165) is 4.90 Å². The van der Waals surface area contributed by atoms with Gasteiger partial charge >= 0.3 is 5.97 Å². The van der Waals surface area contributed by atoms with Crippen LogP contribution in [0.2, 0.25) is 25.1 Å². The number of rotatable bonds is 7. The number of hydrogen-bond donors (Lipinski definition) is 3. The van der Waals surface area contributed by atoms with E-state index in [2.05, 4.69) is 10.6 Å². The number of aromatic carboxylic acids is 1. The Balaban J connectivity index is 1.68. The molecule has 0 bridgehead atoms. The standard InChI is InChI=1S/C22H13Cl5N2O4S/c23-10-2-1-3-12(8-10)28-14(30)9-34-13-6-4-11(5-7-13)29-21(31)15-16(22(32)33)18(25)20(27)19(26)17(15)24/h1-8H,9H2,(H,28,30)(H,29,31)(H,32,33). The minimum absolute atomic E-state index is 0.150. The van der Waals surface area contributed by atoms with Crippen LogP contribution in [0, 0.1) is 0 Å². The first-order chi connectivity index (χ1) is 16.1. The van der Waals surface area contributed by atoms with Crippen molar-refractivity contribution in [3.63, 3.8) is 0 Å². The molecule has 0 radical (unpaired) electrons. The van der Waals surface area contributed by atoms with Crippen molar-refractivity contribution in [1.29, 1.82) is 0 Å². The molecule has 6 nitrogen and oxygen atoms in total. The van der Waals surface area contributed by atoms with E-state index < -0.39 is 28.0 Å². The van der Waals surface area contributed by atoms with Crippen LogP contribution in [-0.2, 0) is 4.79 Å². The third-order valence-corrected chi connectivity index (χ3v) is 7.35. The number of carbonyl (C=O) groups excluding carboxylic acids is 2. The molecule has 0 saturated carbocycles. The van der Waals surface area contributed by atoms with Gasteiger partial charge in [0.2, 0.25) is 5.91 Å². The molecule has 3 aromatic carbocycles. The maximum atomic E-state index is 12.8. The Labute approximate surface area is 223 Å². The van der Waals surface area contributed by atoms with E-state index >= 15 is 0 Å². The SMILES string of the molecule is O=C(CSc1ccc(NC(=O)c2c(Cl)c(Cl)c(Cl)c(Cl)c2C(=O)O)cc1)Nc1cccc(Cl)c1. The van der Waals surface area contributed by atoms with E-state index in [1.807, 2.05) is 0 Å². The van der Waals surface area contributed by atoms with E-state index in [1.54, 1.807) is 48.5 Å². The number of halogens is 5. The van der Waals surface area contributed by atoms with Crippen molar-refractivity contribution in [2.75, 3.05) is 16.4 Å².